The molecule has 0 amide bonds. The van der Waals surface area contributed by atoms with Crippen molar-refractivity contribution < 1.29 is 10.2 Å². The van der Waals surface area contributed by atoms with Gasteiger partial charge in [0.25, 0.3) is 0 Å². The maximum Gasteiger partial charge on any atom is 0.0936 e. The normalized spacial score (nSPS) is 21.0. The highest BCUT2D eigenvalue weighted by atomic mass is 16.3. The molecule has 3 atom stereocenters. The van der Waals surface area contributed by atoms with Gasteiger partial charge in [0, 0.05) is 12.1 Å². The fourth-order valence-electron chi connectivity index (χ4n) is 0.407. The summed E-state index contributed by atoms with van der Waals surface area (Å²) in [6.45, 7) is 3.02. The zero-order valence-electron chi connectivity index (χ0n) is 5.20. The standard InChI is InChI=1S/C5H13N2O2/c1-3(6)5(7)4(9)2-8/h3-5,8-9H,1-2,6-7H2. The molecule has 3 unspecified atom stereocenters. The Kier molecular flexibility index (Phi) is 3.72. The average Bonchev–Trinajstić information content (AvgIpc) is 1.84. The summed E-state index contributed by atoms with van der Waals surface area (Å²) in [7, 11) is 0. The molecule has 0 aromatic heterocycles. The predicted octanol–water partition coefficient (Wildman–Crippen LogP) is -2.17. The minimum absolute atomic E-state index is 0.371. The first-order valence-corrected chi connectivity index (χ1v) is 2.72. The van der Waals surface area contributed by atoms with Gasteiger partial charge in [-0.25, -0.2) is 0 Å². The average molecular weight is 133 g/mol. The van der Waals surface area contributed by atoms with E-state index in [1.165, 1.54) is 0 Å². The third-order valence-corrected chi connectivity index (χ3v) is 1.13. The topological polar surface area (TPSA) is 92.5 Å². The summed E-state index contributed by atoms with van der Waals surface area (Å²) in [6.07, 6.45) is -0.961. The van der Waals surface area contributed by atoms with Crippen LogP contribution in [0.4, 0.5) is 0 Å². The molecule has 0 aliphatic heterocycles. The summed E-state index contributed by atoms with van der Waals surface area (Å²) in [6, 6.07) is -1.18. The van der Waals surface area contributed by atoms with E-state index in [0.29, 0.717) is 0 Å². The highest BCUT2D eigenvalue weighted by Gasteiger charge is 2.16. The Hall–Kier alpha value is -0.160. The Bertz CT molecular complexity index is 77.4. The zero-order valence-corrected chi connectivity index (χ0v) is 5.20. The first-order chi connectivity index (χ1) is 4.09. The molecule has 0 saturated heterocycles. The largest absolute Gasteiger partial charge is 0.394 e. The number of hydrogen-bond acceptors (Lipinski definition) is 4. The summed E-state index contributed by atoms with van der Waals surface area (Å²) in [5.41, 5.74) is 10.5. The second kappa shape index (κ2) is 3.79. The lowest BCUT2D eigenvalue weighted by Gasteiger charge is -2.19. The molecule has 0 spiro atoms. The van der Waals surface area contributed by atoms with Crippen molar-refractivity contribution in [2.24, 2.45) is 11.5 Å². The summed E-state index contributed by atoms with van der Waals surface area (Å²) >= 11 is 0. The van der Waals surface area contributed by atoms with E-state index in [1.807, 2.05) is 0 Å². The van der Waals surface area contributed by atoms with Crippen molar-refractivity contribution in [2.75, 3.05) is 6.61 Å². The lowest BCUT2D eigenvalue weighted by atomic mass is 10.1. The molecular formula is C5H13N2O2. The van der Waals surface area contributed by atoms with E-state index in [4.69, 9.17) is 21.7 Å². The predicted molar refractivity (Wildman–Crippen MR) is 34.4 cm³/mol. The zero-order chi connectivity index (χ0) is 7.44. The van der Waals surface area contributed by atoms with Crippen LogP contribution in [0.5, 0.6) is 0 Å². The molecule has 1 radical (unpaired) electrons. The fourth-order valence-corrected chi connectivity index (χ4v) is 0.407. The Balaban J connectivity index is 3.58. The van der Waals surface area contributed by atoms with E-state index in [1.54, 1.807) is 0 Å². The van der Waals surface area contributed by atoms with Gasteiger partial charge in [0.15, 0.2) is 0 Å². The van der Waals surface area contributed by atoms with Crippen molar-refractivity contribution in [1.82, 2.24) is 0 Å². The molecular weight excluding hydrogens is 120 g/mol. The van der Waals surface area contributed by atoms with E-state index in [-0.39, 0.29) is 6.61 Å². The molecule has 4 nitrogen and oxygen atoms in total. The first kappa shape index (κ1) is 8.84. The van der Waals surface area contributed by atoms with Gasteiger partial charge in [-0.1, -0.05) is 0 Å². The molecule has 0 saturated carbocycles. The molecule has 0 aromatic rings. The molecule has 0 bridgehead atoms. The van der Waals surface area contributed by atoms with Gasteiger partial charge in [-0.15, -0.1) is 0 Å². The SMILES string of the molecule is [CH2]C(N)C(N)C(O)CO. The molecule has 0 fully saturated rings. The van der Waals surface area contributed by atoms with Crippen molar-refractivity contribution in [3.05, 3.63) is 6.92 Å². The second-order valence-electron chi connectivity index (χ2n) is 1.99. The Labute approximate surface area is 54.5 Å². The quantitative estimate of drug-likeness (QED) is 0.352. The molecule has 0 rings (SSSR count). The molecule has 6 N–H and O–H groups in total. The van der Waals surface area contributed by atoms with Crippen LogP contribution >= 0.6 is 0 Å². The Morgan fingerprint density at radius 1 is 1.44 bits per heavy atom. The van der Waals surface area contributed by atoms with Crippen LogP contribution in [0.15, 0.2) is 0 Å². The molecule has 4 heteroatoms. The van der Waals surface area contributed by atoms with E-state index < -0.39 is 18.2 Å². The summed E-state index contributed by atoms with van der Waals surface area (Å²) in [5, 5.41) is 17.1. The summed E-state index contributed by atoms with van der Waals surface area (Å²) in [4.78, 5) is 0. The summed E-state index contributed by atoms with van der Waals surface area (Å²) < 4.78 is 0. The molecule has 0 aliphatic rings. The lowest BCUT2D eigenvalue weighted by molar-refractivity contribution is 0.0707. The van der Waals surface area contributed by atoms with Crippen LogP contribution in [0.3, 0.4) is 0 Å². The van der Waals surface area contributed by atoms with Gasteiger partial charge in [0.1, 0.15) is 0 Å². The highest BCUT2D eigenvalue weighted by molar-refractivity contribution is 4.83. The molecule has 55 valence electrons. The number of rotatable bonds is 3. The van der Waals surface area contributed by atoms with E-state index in [0.717, 1.165) is 0 Å². The smallest absolute Gasteiger partial charge is 0.0936 e. The van der Waals surface area contributed by atoms with Gasteiger partial charge in [-0.05, 0) is 6.92 Å². The van der Waals surface area contributed by atoms with Gasteiger partial charge in [-0.3, -0.25) is 0 Å². The van der Waals surface area contributed by atoms with Gasteiger partial charge < -0.3 is 21.7 Å². The third kappa shape index (κ3) is 2.76. The van der Waals surface area contributed by atoms with Crippen LogP contribution in [-0.4, -0.2) is 35.0 Å². The van der Waals surface area contributed by atoms with Gasteiger partial charge in [0.05, 0.1) is 12.7 Å². The van der Waals surface area contributed by atoms with Crippen LogP contribution in [0.1, 0.15) is 0 Å². The minimum Gasteiger partial charge on any atom is -0.394 e. The van der Waals surface area contributed by atoms with Crippen molar-refractivity contribution in [3.63, 3.8) is 0 Å². The molecule has 0 aromatic carbocycles. The summed E-state index contributed by atoms with van der Waals surface area (Å²) in [5.74, 6) is 0. The van der Waals surface area contributed by atoms with Gasteiger partial charge in [0.2, 0.25) is 0 Å². The molecule has 9 heavy (non-hydrogen) atoms. The highest BCUT2D eigenvalue weighted by Crippen LogP contribution is 1.91. The van der Waals surface area contributed by atoms with Crippen molar-refractivity contribution >= 4 is 0 Å². The molecule has 0 heterocycles. The molecule has 0 aliphatic carbocycles. The van der Waals surface area contributed by atoms with Crippen molar-refractivity contribution in [2.45, 2.75) is 18.2 Å². The third-order valence-electron chi connectivity index (χ3n) is 1.13. The van der Waals surface area contributed by atoms with E-state index in [9.17, 15) is 0 Å². The maximum absolute atomic E-state index is 8.80. The van der Waals surface area contributed by atoms with Crippen LogP contribution < -0.4 is 11.5 Å². The Morgan fingerprint density at radius 3 is 2.00 bits per heavy atom. The van der Waals surface area contributed by atoms with Crippen LogP contribution in [0.2, 0.25) is 0 Å². The first-order valence-electron chi connectivity index (χ1n) is 2.72. The number of aliphatic hydroxyl groups is 2. The van der Waals surface area contributed by atoms with Crippen molar-refractivity contribution in [3.8, 4) is 0 Å². The Morgan fingerprint density at radius 2 is 1.89 bits per heavy atom. The minimum atomic E-state index is -0.961. The number of hydrogen-bond donors (Lipinski definition) is 4. The van der Waals surface area contributed by atoms with Crippen molar-refractivity contribution in [1.29, 1.82) is 0 Å². The second-order valence-corrected chi connectivity index (χ2v) is 1.99. The van der Waals surface area contributed by atoms with Gasteiger partial charge in [-0.2, -0.15) is 0 Å². The fraction of sp³-hybridized carbons (Fsp3) is 0.800. The monoisotopic (exact) mass is 133 g/mol. The lowest BCUT2D eigenvalue weighted by Crippen LogP contribution is -2.49. The maximum atomic E-state index is 8.80. The van der Waals surface area contributed by atoms with Crippen LogP contribution in [-0.2, 0) is 0 Å². The van der Waals surface area contributed by atoms with Crippen LogP contribution in [0, 0.1) is 6.92 Å². The van der Waals surface area contributed by atoms with E-state index in [2.05, 4.69) is 6.92 Å². The number of aliphatic hydroxyl groups excluding tert-OH is 2. The number of nitrogens with two attached hydrogens (primary N) is 2. The van der Waals surface area contributed by atoms with E-state index >= 15 is 0 Å². The van der Waals surface area contributed by atoms with Crippen LogP contribution in [0.25, 0.3) is 0 Å². The van der Waals surface area contributed by atoms with Gasteiger partial charge >= 0.3 is 0 Å².